The maximum Gasteiger partial charge on any atom is 0.260 e. The van der Waals surface area contributed by atoms with E-state index in [1.54, 1.807) is 39.3 Å². The number of fused-ring (bicyclic) bond motifs is 5. The van der Waals surface area contributed by atoms with Crippen LogP contribution in [0.3, 0.4) is 0 Å². The second-order valence-corrected chi connectivity index (χ2v) is 15.5. The molecule has 2 amide bonds. The van der Waals surface area contributed by atoms with Gasteiger partial charge >= 0.3 is 0 Å². The Hall–Kier alpha value is -6.43. The van der Waals surface area contributed by atoms with Gasteiger partial charge in [-0.15, -0.1) is 0 Å². The maximum absolute atomic E-state index is 14.0. The van der Waals surface area contributed by atoms with Crippen LogP contribution in [0.5, 0.6) is 23.0 Å². The van der Waals surface area contributed by atoms with Crippen LogP contribution in [-0.2, 0) is 30.8 Å². The van der Waals surface area contributed by atoms with Crippen LogP contribution in [0.15, 0.2) is 96.0 Å². The van der Waals surface area contributed by atoms with Crippen LogP contribution < -0.4 is 44.5 Å². The Morgan fingerprint density at radius 1 is 0.883 bits per heavy atom. The van der Waals surface area contributed by atoms with E-state index < -0.39 is 6.04 Å². The van der Waals surface area contributed by atoms with Crippen LogP contribution in [0.1, 0.15) is 49.9 Å². The topological polar surface area (TPSA) is 143 Å². The van der Waals surface area contributed by atoms with Crippen molar-refractivity contribution in [1.29, 1.82) is 0 Å². The summed E-state index contributed by atoms with van der Waals surface area (Å²) >= 11 is 0. The smallest absolute Gasteiger partial charge is 0.260 e. The number of hydrogen-bond acceptors (Lipinski definition) is 11. The van der Waals surface area contributed by atoms with E-state index in [0.717, 1.165) is 47.2 Å². The molecule has 3 aliphatic rings. The molecule has 0 radical (unpaired) electrons. The molecular weight excluding hydrogens is 780 g/mol. The Bertz CT molecular complexity index is 2490. The number of nitrogens with zero attached hydrogens (tertiary/aromatic N) is 3. The molecule has 0 spiro atoms. The summed E-state index contributed by atoms with van der Waals surface area (Å²) in [5.74, 6) is 1.33. The lowest BCUT2D eigenvalue weighted by Crippen LogP contribution is -2.39. The lowest BCUT2D eigenvalue weighted by molar-refractivity contribution is -0.117. The second-order valence-electron chi connectivity index (χ2n) is 15.0. The molecule has 3 aliphatic heterocycles. The van der Waals surface area contributed by atoms with E-state index in [1.165, 1.54) is 12.7 Å². The third kappa shape index (κ3) is 8.10. The normalized spacial score (nSPS) is 16.9. The molecule has 8 rings (SSSR count). The number of rotatable bonds is 14. The molecule has 14 heteroatoms. The Kier molecular flexibility index (Phi) is 11.7. The zero-order valence-corrected chi connectivity index (χ0v) is 35.0. The largest absolute Gasteiger partial charge is 0.493 e. The molecule has 13 nitrogen and oxygen atoms in total. The van der Waals surface area contributed by atoms with Gasteiger partial charge in [0.1, 0.15) is 13.2 Å². The molecule has 0 saturated carbocycles. The molecule has 3 unspecified atom stereocenters. The first kappa shape index (κ1) is 40.4. The third-order valence-corrected chi connectivity index (χ3v) is 11.8. The quantitative estimate of drug-likeness (QED) is 0.0601. The van der Waals surface area contributed by atoms with Crippen LogP contribution in [0.25, 0.3) is 0 Å². The van der Waals surface area contributed by atoms with E-state index in [4.69, 9.17) is 23.9 Å². The fourth-order valence-electron chi connectivity index (χ4n) is 7.89. The molecule has 0 aliphatic carbocycles. The van der Waals surface area contributed by atoms with E-state index in [9.17, 15) is 14.4 Å². The van der Waals surface area contributed by atoms with Crippen LogP contribution in [-0.4, -0.2) is 70.3 Å². The summed E-state index contributed by atoms with van der Waals surface area (Å²) in [6.45, 7) is 2.55. The number of para-hydroxylation sites is 2. The fraction of sp³-hybridized carbons (Fsp3) is 0.261. The van der Waals surface area contributed by atoms with Crippen molar-refractivity contribution in [1.82, 2.24) is 5.32 Å². The molecule has 3 N–H and O–H groups in total. The monoisotopic (exact) mass is 826 g/mol. The average Bonchev–Trinajstić information content (AvgIpc) is 3.77. The first-order valence-corrected chi connectivity index (χ1v) is 20.3. The van der Waals surface area contributed by atoms with E-state index in [-0.39, 0.29) is 37.1 Å². The molecule has 5 aromatic carbocycles. The molecule has 4 atom stereocenters. The minimum absolute atomic E-state index is 0.0111. The first-order chi connectivity index (χ1) is 29.2. The van der Waals surface area contributed by atoms with Gasteiger partial charge in [-0.25, -0.2) is 0 Å². The van der Waals surface area contributed by atoms with Gasteiger partial charge in [0.15, 0.2) is 29.3 Å². The summed E-state index contributed by atoms with van der Waals surface area (Å²) in [6.07, 6.45) is 4.15. The highest BCUT2D eigenvalue weighted by molar-refractivity contribution is 7.19. The summed E-state index contributed by atoms with van der Waals surface area (Å²) in [7, 11) is 7.54. The number of nitrogens with one attached hydrogen (secondary N) is 3. The predicted octanol–water partition coefficient (Wildman–Crippen LogP) is 7.14. The summed E-state index contributed by atoms with van der Waals surface area (Å²) in [4.78, 5) is 45.8. The van der Waals surface area contributed by atoms with Crippen molar-refractivity contribution in [2.45, 2.75) is 51.1 Å². The Labute approximate surface area is 351 Å². The lowest BCUT2D eigenvalue weighted by atomic mass is 10.1. The van der Waals surface area contributed by atoms with Gasteiger partial charge in [-0.3, -0.25) is 19.4 Å². The highest BCUT2D eigenvalue weighted by Crippen LogP contribution is 2.41. The number of carbonyl (C=O) groups is 3. The van der Waals surface area contributed by atoms with Crippen LogP contribution in [0.2, 0.25) is 0 Å². The maximum atomic E-state index is 14.0. The highest BCUT2D eigenvalue weighted by atomic mass is 31.0. The molecule has 3 heterocycles. The second kappa shape index (κ2) is 17.4. The number of aliphatic imine (C=N–C) groups is 1. The summed E-state index contributed by atoms with van der Waals surface area (Å²) in [6, 6.07) is 28.2. The number of ether oxygens (including phenoxy) is 4. The van der Waals surface area contributed by atoms with Gasteiger partial charge in [0.25, 0.3) is 5.91 Å². The Morgan fingerprint density at radius 2 is 1.53 bits per heavy atom. The van der Waals surface area contributed by atoms with Gasteiger partial charge in [0, 0.05) is 53.9 Å². The van der Waals surface area contributed by atoms with Gasteiger partial charge in [-0.2, -0.15) is 0 Å². The van der Waals surface area contributed by atoms with E-state index >= 15 is 0 Å². The van der Waals surface area contributed by atoms with Gasteiger partial charge in [0.05, 0.1) is 49.3 Å². The highest BCUT2D eigenvalue weighted by Gasteiger charge is 2.37. The molecule has 60 heavy (non-hydrogen) atoms. The van der Waals surface area contributed by atoms with Gasteiger partial charge in [-0.05, 0) is 94.5 Å². The van der Waals surface area contributed by atoms with Crippen LogP contribution in [0, 0.1) is 0 Å². The van der Waals surface area contributed by atoms with Gasteiger partial charge in [-0.1, -0.05) is 36.4 Å². The predicted molar refractivity (Wildman–Crippen MR) is 237 cm³/mol. The first-order valence-electron chi connectivity index (χ1n) is 19.7. The number of carbonyl (C=O) groups excluding carboxylic acids is 3. The minimum Gasteiger partial charge on any atom is -0.493 e. The average molecular weight is 827 g/mol. The molecule has 0 saturated heterocycles. The molecule has 0 aromatic heterocycles. The number of benzene rings is 5. The number of methoxy groups -OCH3 is 2. The van der Waals surface area contributed by atoms with Gasteiger partial charge in [0.2, 0.25) is 5.91 Å². The zero-order chi connectivity index (χ0) is 41.9. The fourth-order valence-corrected chi connectivity index (χ4v) is 8.32. The van der Waals surface area contributed by atoms with Crippen molar-refractivity contribution in [3.63, 3.8) is 0 Å². The number of anilines is 4. The van der Waals surface area contributed by atoms with Gasteiger partial charge < -0.3 is 44.5 Å². The van der Waals surface area contributed by atoms with E-state index in [1.807, 2.05) is 65.7 Å². The van der Waals surface area contributed by atoms with Crippen molar-refractivity contribution >= 4 is 62.1 Å². The molecule has 308 valence electrons. The molecular formula is C46H47N6O7P. The lowest BCUT2D eigenvalue weighted by Gasteiger charge is -2.22. The third-order valence-electron chi connectivity index (χ3n) is 11.2. The number of aldehydes is 1. The summed E-state index contributed by atoms with van der Waals surface area (Å²) in [5, 5.41) is 9.44. The Balaban J connectivity index is 1.03. The number of amides is 2. The van der Waals surface area contributed by atoms with E-state index in [0.29, 0.717) is 57.7 Å². The van der Waals surface area contributed by atoms with Crippen molar-refractivity contribution < 1.29 is 33.3 Å². The van der Waals surface area contributed by atoms with E-state index in [2.05, 4.69) is 48.2 Å². The van der Waals surface area contributed by atoms with Crippen LogP contribution >= 0.6 is 9.39 Å². The Morgan fingerprint density at radius 3 is 2.20 bits per heavy atom. The zero-order valence-electron chi connectivity index (χ0n) is 33.9. The molecule has 0 bridgehead atoms. The summed E-state index contributed by atoms with van der Waals surface area (Å²) < 4.78 is 26.2. The van der Waals surface area contributed by atoms with Crippen molar-refractivity contribution in [3.8, 4) is 23.0 Å². The van der Waals surface area contributed by atoms with Crippen molar-refractivity contribution in [2.24, 2.45) is 4.99 Å². The minimum atomic E-state index is -0.440. The van der Waals surface area contributed by atoms with Crippen molar-refractivity contribution in [2.75, 3.05) is 48.0 Å². The molecule has 0 fully saturated rings. The number of likely N-dealkylation sites (N-methyl/N-ethyl adjacent to an activating group) is 1. The SMILES string of the molecule is CNC(C)C(=O)Nc1cc(COc2cc(/N=C\[C@@H]3Cc4ccccc4N3P)c(C=O)cc2OC)cc(COc2cc3c(cc2OC)C(=O)N2c4ccccc4CC2CN3)c1. The number of hydrogen-bond donors (Lipinski definition) is 3. The molecule has 5 aromatic rings. The van der Waals surface area contributed by atoms with Crippen LogP contribution in [0.4, 0.5) is 28.4 Å². The standard InChI is InChI=1S/C46H47N6O7P/c1-27(47-2)45(54)50-33-14-28(25-58-43-20-37(32(24-53)18-41(43)56-3)48-23-35-17-31-10-6-8-12-40(31)52(35)60)13-29(15-33)26-59-44-21-38-36(19-42(44)57-4)46(55)51-34(22-49-38)16-30-9-5-7-11-39(30)51/h5-15,18-21,23-24,27,34-35,47,49H,16-17,22,25-26,60H2,1-4H3,(H,50,54)/b48-23-/t27?,34?,35-/m0/s1. The van der Waals surface area contributed by atoms with Crippen molar-refractivity contribution in [3.05, 3.63) is 124 Å². The summed E-state index contributed by atoms with van der Waals surface area (Å²) in [5.41, 5.74) is 8.43.